The molecule has 8 heteroatoms. The number of nitrogens with one attached hydrogen (secondary N) is 2. The lowest BCUT2D eigenvalue weighted by atomic mass is 9.92. The smallest absolute Gasteiger partial charge is 0.325 e. The van der Waals surface area contributed by atoms with Crippen molar-refractivity contribution in [2.75, 3.05) is 11.9 Å². The Morgan fingerprint density at radius 1 is 1.07 bits per heavy atom. The van der Waals surface area contributed by atoms with Gasteiger partial charge in [0.2, 0.25) is 5.91 Å². The van der Waals surface area contributed by atoms with Crippen LogP contribution in [0.4, 0.5) is 14.9 Å². The van der Waals surface area contributed by atoms with E-state index < -0.39 is 23.3 Å². The van der Waals surface area contributed by atoms with Gasteiger partial charge in [0, 0.05) is 24.2 Å². The van der Waals surface area contributed by atoms with E-state index in [1.54, 1.807) is 24.3 Å². The first kappa shape index (κ1) is 20.2. The van der Waals surface area contributed by atoms with Gasteiger partial charge in [-0.15, -0.1) is 0 Å². The summed E-state index contributed by atoms with van der Waals surface area (Å²) in [5.74, 6) is -1.41. The molecular weight excluding hydrogens is 377 g/mol. The van der Waals surface area contributed by atoms with Gasteiger partial charge in [0.05, 0.1) is 0 Å². The summed E-state index contributed by atoms with van der Waals surface area (Å²) in [6.45, 7) is 2.89. The van der Waals surface area contributed by atoms with E-state index in [0.29, 0.717) is 16.8 Å². The molecule has 1 fully saturated rings. The van der Waals surface area contributed by atoms with Crippen molar-refractivity contribution in [1.82, 2.24) is 10.2 Å². The molecule has 1 unspecified atom stereocenters. The molecule has 2 aromatic carbocycles. The Kier molecular flexibility index (Phi) is 5.45. The van der Waals surface area contributed by atoms with Crippen LogP contribution in [0, 0.1) is 5.82 Å². The highest BCUT2D eigenvalue weighted by Crippen LogP contribution is 2.29. The van der Waals surface area contributed by atoms with E-state index in [1.807, 2.05) is 0 Å². The first-order valence-electron chi connectivity index (χ1n) is 9.02. The Bertz CT molecular complexity index is 972. The lowest BCUT2D eigenvalue weighted by Crippen LogP contribution is -2.41. The van der Waals surface area contributed by atoms with E-state index in [-0.39, 0.29) is 24.7 Å². The second-order valence-electron chi connectivity index (χ2n) is 6.95. The fourth-order valence-corrected chi connectivity index (χ4v) is 3.10. The van der Waals surface area contributed by atoms with E-state index in [4.69, 9.17) is 0 Å². The highest BCUT2D eigenvalue weighted by atomic mass is 19.1. The van der Waals surface area contributed by atoms with Crippen molar-refractivity contribution in [3.63, 3.8) is 0 Å². The number of hydrogen-bond donors (Lipinski definition) is 2. The second kappa shape index (κ2) is 7.83. The van der Waals surface area contributed by atoms with E-state index in [1.165, 1.54) is 38.1 Å². The molecule has 1 heterocycles. The first-order chi connectivity index (χ1) is 13.7. The average molecular weight is 397 g/mol. The van der Waals surface area contributed by atoms with Gasteiger partial charge in [-0.1, -0.05) is 12.1 Å². The summed E-state index contributed by atoms with van der Waals surface area (Å²) < 4.78 is 13.2. The summed E-state index contributed by atoms with van der Waals surface area (Å²) in [4.78, 5) is 49.5. The minimum atomic E-state index is -1.32. The minimum Gasteiger partial charge on any atom is -0.326 e. The number of halogens is 1. The van der Waals surface area contributed by atoms with E-state index in [9.17, 15) is 23.6 Å². The van der Waals surface area contributed by atoms with Crippen LogP contribution in [-0.4, -0.2) is 35.1 Å². The third-order valence-electron chi connectivity index (χ3n) is 4.83. The molecule has 0 spiro atoms. The van der Waals surface area contributed by atoms with Crippen molar-refractivity contribution in [2.24, 2.45) is 0 Å². The molecular formula is C21H20FN3O4. The average Bonchev–Trinajstić information content (AvgIpc) is 2.90. The molecule has 0 bridgehead atoms. The van der Waals surface area contributed by atoms with Gasteiger partial charge in [0.25, 0.3) is 5.91 Å². The summed E-state index contributed by atoms with van der Waals surface area (Å²) in [5, 5.41) is 5.27. The number of amides is 4. The maximum absolute atomic E-state index is 13.2. The molecule has 0 aliphatic carbocycles. The number of ketones is 1. The number of nitrogens with zero attached hydrogens (tertiary/aromatic N) is 1. The fraction of sp³-hybridized carbons (Fsp3) is 0.238. The van der Waals surface area contributed by atoms with Gasteiger partial charge < -0.3 is 10.6 Å². The largest absolute Gasteiger partial charge is 0.326 e. The van der Waals surface area contributed by atoms with Gasteiger partial charge in [-0.2, -0.15) is 0 Å². The molecule has 0 aromatic heterocycles. The third kappa shape index (κ3) is 4.16. The Morgan fingerprint density at radius 3 is 2.28 bits per heavy atom. The maximum Gasteiger partial charge on any atom is 0.325 e. The lowest BCUT2D eigenvalue weighted by Gasteiger charge is -2.22. The summed E-state index contributed by atoms with van der Waals surface area (Å²) in [5.41, 5.74) is 0.176. The van der Waals surface area contributed by atoms with Crippen LogP contribution in [-0.2, 0) is 15.1 Å². The number of carbonyl (C=O) groups is 4. The van der Waals surface area contributed by atoms with Gasteiger partial charge >= 0.3 is 6.03 Å². The molecule has 0 saturated carbocycles. The van der Waals surface area contributed by atoms with Crippen LogP contribution in [0.25, 0.3) is 0 Å². The van der Waals surface area contributed by atoms with Crippen molar-refractivity contribution in [3.05, 3.63) is 65.5 Å². The molecule has 150 valence electrons. The standard InChI is InChI=1S/C21H20FN3O4/c1-13(26)14-3-9-17(10-4-14)23-18(27)11-12-25-19(28)21(2,24-20(25)29)15-5-7-16(22)8-6-15/h3-10H,11-12H2,1-2H3,(H,23,27)(H,24,29). The van der Waals surface area contributed by atoms with E-state index in [2.05, 4.69) is 10.6 Å². The van der Waals surface area contributed by atoms with Crippen LogP contribution in [0.2, 0.25) is 0 Å². The molecule has 1 aliphatic rings. The van der Waals surface area contributed by atoms with Gasteiger partial charge in [0.1, 0.15) is 11.4 Å². The van der Waals surface area contributed by atoms with Gasteiger partial charge in [-0.3, -0.25) is 19.3 Å². The van der Waals surface area contributed by atoms with Crippen molar-refractivity contribution in [3.8, 4) is 0 Å². The molecule has 3 rings (SSSR count). The highest BCUT2D eigenvalue weighted by Gasteiger charge is 2.48. The molecule has 0 radical (unpaired) electrons. The molecule has 1 atom stereocenters. The fourth-order valence-electron chi connectivity index (χ4n) is 3.10. The lowest BCUT2D eigenvalue weighted by molar-refractivity contribution is -0.131. The quantitative estimate of drug-likeness (QED) is 0.579. The van der Waals surface area contributed by atoms with Crippen LogP contribution < -0.4 is 10.6 Å². The monoisotopic (exact) mass is 397 g/mol. The third-order valence-corrected chi connectivity index (χ3v) is 4.83. The van der Waals surface area contributed by atoms with Crippen LogP contribution in [0.5, 0.6) is 0 Å². The second-order valence-corrected chi connectivity index (χ2v) is 6.95. The number of benzene rings is 2. The number of anilines is 1. The number of Topliss-reactive ketones (excluding diaryl/α,β-unsaturated/α-hetero) is 1. The van der Waals surface area contributed by atoms with Crippen LogP contribution in [0.15, 0.2) is 48.5 Å². The zero-order chi connectivity index (χ0) is 21.2. The topological polar surface area (TPSA) is 95.6 Å². The van der Waals surface area contributed by atoms with E-state index in [0.717, 1.165) is 4.90 Å². The summed E-state index contributed by atoms with van der Waals surface area (Å²) in [6, 6.07) is 11.1. The Labute approximate surface area is 166 Å². The van der Waals surface area contributed by atoms with Crippen LogP contribution in [0.1, 0.15) is 36.2 Å². The Balaban J connectivity index is 1.62. The zero-order valence-electron chi connectivity index (χ0n) is 16.0. The molecule has 7 nitrogen and oxygen atoms in total. The summed E-state index contributed by atoms with van der Waals surface area (Å²) in [6.07, 6.45) is -0.0902. The molecule has 2 N–H and O–H groups in total. The normalized spacial score (nSPS) is 18.5. The Morgan fingerprint density at radius 2 is 1.69 bits per heavy atom. The molecule has 1 saturated heterocycles. The van der Waals surface area contributed by atoms with Gasteiger partial charge in [-0.25, -0.2) is 9.18 Å². The molecule has 2 aromatic rings. The number of imide groups is 1. The number of urea groups is 1. The van der Waals surface area contributed by atoms with Gasteiger partial charge in [-0.05, 0) is 55.8 Å². The Hall–Kier alpha value is -3.55. The SMILES string of the molecule is CC(=O)c1ccc(NC(=O)CCN2C(=O)NC(C)(c3ccc(F)cc3)C2=O)cc1. The van der Waals surface area contributed by atoms with E-state index >= 15 is 0 Å². The number of rotatable bonds is 6. The summed E-state index contributed by atoms with van der Waals surface area (Å²) >= 11 is 0. The summed E-state index contributed by atoms with van der Waals surface area (Å²) in [7, 11) is 0. The minimum absolute atomic E-state index is 0.0781. The maximum atomic E-state index is 13.2. The number of hydrogen-bond acceptors (Lipinski definition) is 4. The highest BCUT2D eigenvalue weighted by molar-refractivity contribution is 6.07. The first-order valence-corrected chi connectivity index (χ1v) is 9.02. The number of carbonyl (C=O) groups excluding carboxylic acids is 4. The van der Waals surface area contributed by atoms with Gasteiger partial charge in [0.15, 0.2) is 5.78 Å². The predicted octanol–water partition coefficient (Wildman–Crippen LogP) is 2.82. The zero-order valence-corrected chi connectivity index (χ0v) is 16.0. The predicted molar refractivity (Wildman–Crippen MR) is 104 cm³/mol. The van der Waals surface area contributed by atoms with Crippen molar-refractivity contribution < 1.29 is 23.6 Å². The molecule has 4 amide bonds. The van der Waals surface area contributed by atoms with Crippen LogP contribution >= 0.6 is 0 Å². The van der Waals surface area contributed by atoms with Crippen LogP contribution in [0.3, 0.4) is 0 Å². The van der Waals surface area contributed by atoms with Crippen molar-refractivity contribution >= 4 is 29.3 Å². The van der Waals surface area contributed by atoms with Crippen molar-refractivity contribution in [1.29, 1.82) is 0 Å². The molecule has 1 aliphatic heterocycles. The molecule has 29 heavy (non-hydrogen) atoms. The van der Waals surface area contributed by atoms with Crippen molar-refractivity contribution in [2.45, 2.75) is 25.8 Å².